The predicted molar refractivity (Wildman–Crippen MR) is 111 cm³/mol. The minimum atomic E-state index is -0.347. The van der Waals surface area contributed by atoms with Crippen molar-refractivity contribution in [3.8, 4) is 11.3 Å². The van der Waals surface area contributed by atoms with Crippen LogP contribution < -0.4 is 5.32 Å². The number of carbonyl (C=O) groups excluding carboxylic acids is 2. The number of carbonyl (C=O) groups is 2. The second-order valence-electron chi connectivity index (χ2n) is 6.70. The van der Waals surface area contributed by atoms with E-state index >= 15 is 0 Å². The Hall–Kier alpha value is -3.25. The first-order valence-electron chi connectivity index (χ1n) is 8.81. The number of aromatic nitrogens is 1. The molecule has 0 unspecified atom stereocenters. The van der Waals surface area contributed by atoms with E-state index in [2.05, 4.69) is 22.4 Å². The van der Waals surface area contributed by atoms with Gasteiger partial charge in [0, 0.05) is 11.1 Å². The zero-order valence-corrected chi connectivity index (χ0v) is 16.5. The first kappa shape index (κ1) is 18.1. The molecule has 1 amide bonds. The van der Waals surface area contributed by atoms with E-state index in [0.29, 0.717) is 16.5 Å². The van der Waals surface area contributed by atoms with Gasteiger partial charge in [-0.05, 0) is 50.1 Å². The lowest BCUT2D eigenvalue weighted by atomic mass is 10.1. The van der Waals surface area contributed by atoms with Crippen molar-refractivity contribution < 1.29 is 14.0 Å². The van der Waals surface area contributed by atoms with Crippen molar-refractivity contribution in [3.05, 3.63) is 71.0 Å². The molecular formula is C22H18N2O3S. The van der Waals surface area contributed by atoms with Gasteiger partial charge in [-0.2, -0.15) is 0 Å². The number of hydrogen-bond acceptors (Lipinski definition) is 5. The average Bonchev–Trinajstić information content (AvgIpc) is 3.29. The number of benzene rings is 2. The van der Waals surface area contributed by atoms with E-state index < -0.39 is 0 Å². The van der Waals surface area contributed by atoms with E-state index in [4.69, 9.17) is 4.42 Å². The molecule has 0 atom stereocenters. The van der Waals surface area contributed by atoms with Gasteiger partial charge in [-0.3, -0.25) is 14.9 Å². The van der Waals surface area contributed by atoms with Crippen LogP contribution in [-0.4, -0.2) is 16.7 Å². The van der Waals surface area contributed by atoms with Gasteiger partial charge in [0.05, 0.1) is 10.2 Å². The number of amides is 1. The van der Waals surface area contributed by atoms with Gasteiger partial charge in [-0.1, -0.05) is 41.7 Å². The van der Waals surface area contributed by atoms with Crippen molar-refractivity contribution in [3.63, 3.8) is 0 Å². The van der Waals surface area contributed by atoms with Crippen LogP contribution in [-0.2, 0) is 0 Å². The zero-order valence-electron chi connectivity index (χ0n) is 15.7. The molecule has 28 heavy (non-hydrogen) atoms. The molecular weight excluding hydrogens is 372 g/mol. The summed E-state index contributed by atoms with van der Waals surface area (Å²) in [6.07, 6.45) is 0. The van der Waals surface area contributed by atoms with Crippen LogP contribution in [0.5, 0.6) is 0 Å². The summed E-state index contributed by atoms with van der Waals surface area (Å²) in [7, 11) is 0. The zero-order chi connectivity index (χ0) is 19.8. The number of nitrogens with zero attached hydrogens (tertiary/aromatic N) is 1. The minimum Gasteiger partial charge on any atom is -0.451 e. The second-order valence-corrected chi connectivity index (χ2v) is 7.73. The Morgan fingerprint density at radius 2 is 1.79 bits per heavy atom. The number of Topliss-reactive ketones (excluding diaryl/α,β-unsaturated/α-hetero) is 1. The second kappa shape index (κ2) is 7.05. The summed E-state index contributed by atoms with van der Waals surface area (Å²) in [5.74, 6) is 0.432. The first-order chi connectivity index (χ1) is 13.4. The van der Waals surface area contributed by atoms with Crippen molar-refractivity contribution in [2.24, 2.45) is 0 Å². The monoisotopic (exact) mass is 390 g/mol. The van der Waals surface area contributed by atoms with Crippen LogP contribution in [0.25, 0.3) is 21.5 Å². The van der Waals surface area contributed by atoms with E-state index in [-0.39, 0.29) is 17.5 Å². The normalized spacial score (nSPS) is 11.0. The number of rotatable bonds is 4. The Bertz CT molecular complexity index is 1200. The lowest BCUT2D eigenvalue weighted by Gasteiger charge is -2.00. The molecule has 5 nitrogen and oxygen atoms in total. The van der Waals surface area contributed by atoms with Crippen LogP contribution in [0, 0.1) is 13.8 Å². The summed E-state index contributed by atoms with van der Waals surface area (Å²) in [6.45, 7) is 5.57. The molecule has 0 bridgehead atoms. The number of hydrogen-bond donors (Lipinski definition) is 1. The fourth-order valence-electron chi connectivity index (χ4n) is 3.07. The number of aryl methyl sites for hydroxylation is 2. The van der Waals surface area contributed by atoms with Gasteiger partial charge in [0.15, 0.2) is 16.7 Å². The molecule has 140 valence electrons. The molecule has 0 spiro atoms. The molecule has 6 heteroatoms. The standard InChI is InChI=1S/C22H18N2O3S/c1-12-10-13(2)20-19(11-12)28-22(23-20)24-21(26)18-9-8-17(27-18)16-6-4-15(5-7-16)14(3)25/h4-11H,1-3H3,(H,23,24,26). The predicted octanol–water partition coefficient (Wildman–Crippen LogP) is 5.63. The number of thiazole rings is 1. The highest BCUT2D eigenvalue weighted by molar-refractivity contribution is 7.22. The molecule has 0 saturated carbocycles. The molecule has 2 aromatic carbocycles. The fraction of sp³-hybridized carbons (Fsp3) is 0.136. The van der Waals surface area contributed by atoms with E-state index in [9.17, 15) is 9.59 Å². The molecule has 2 heterocycles. The molecule has 1 N–H and O–H groups in total. The molecule has 0 aliphatic heterocycles. The molecule has 0 saturated heterocycles. The number of ketones is 1. The Labute approximate surface area is 166 Å². The lowest BCUT2D eigenvalue weighted by Crippen LogP contribution is -2.10. The van der Waals surface area contributed by atoms with Crippen molar-refractivity contribution >= 4 is 38.4 Å². The molecule has 2 aromatic heterocycles. The van der Waals surface area contributed by atoms with Crippen LogP contribution in [0.3, 0.4) is 0 Å². The Morgan fingerprint density at radius 3 is 2.50 bits per heavy atom. The Kier molecular flexibility index (Phi) is 4.57. The van der Waals surface area contributed by atoms with Gasteiger partial charge in [0.2, 0.25) is 0 Å². The minimum absolute atomic E-state index is 0.00678. The number of furan rings is 1. The topological polar surface area (TPSA) is 72.2 Å². The van der Waals surface area contributed by atoms with Gasteiger partial charge in [0.1, 0.15) is 5.76 Å². The highest BCUT2D eigenvalue weighted by atomic mass is 32.1. The van der Waals surface area contributed by atoms with Crippen LogP contribution in [0.15, 0.2) is 52.9 Å². The van der Waals surface area contributed by atoms with Crippen molar-refractivity contribution in [1.82, 2.24) is 4.98 Å². The third-order valence-corrected chi connectivity index (χ3v) is 5.37. The lowest BCUT2D eigenvalue weighted by molar-refractivity contribution is 0.0994. The summed E-state index contributed by atoms with van der Waals surface area (Å²) in [5.41, 5.74) is 4.58. The molecule has 0 aliphatic rings. The smallest absolute Gasteiger partial charge is 0.293 e. The molecule has 0 radical (unpaired) electrons. The molecule has 4 rings (SSSR count). The highest BCUT2D eigenvalue weighted by Crippen LogP contribution is 2.30. The summed E-state index contributed by atoms with van der Waals surface area (Å²) in [4.78, 5) is 28.5. The maximum Gasteiger partial charge on any atom is 0.293 e. The quantitative estimate of drug-likeness (QED) is 0.459. The fourth-order valence-corrected chi connectivity index (χ4v) is 4.10. The number of nitrogens with one attached hydrogen (secondary N) is 1. The van der Waals surface area contributed by atoms with Crippen LogP contribution in [0.2, 0.25) is 0 Å². The third kappa shape index (κ3) is 3.46. The number of fused-ring (bicyclic) bond motifs is 1. The van der Waals surface area contributed by atoms with Crippen molar-refractivity contribution in [1.29, 1.82) is 0 Å². The van der Waals surface area contributed by atoms with Crippen molar-refractivity contribution in [2.75, 3.05) is 5.32 Å². The largest absolute Gasteiger partial charge is 0.451 e. The van der Waals surface area contributed by atoms with Gasteiger partial charge in [-0.25, -0.2) is 4.98 Å². The van der Waals surface area contributed by atoms with E-state index in [1.807, 2.05) is 13.8 Å². The van der Waals surface area contributed by atoms with E-state index in [1.54, 1.807) is 36.4 Å². The van der Waals surface area contributed by atoms with Crippen LogP contribution >= 0.6 is 11.3 Å². The maximum atomic E-state index is 12.5. The summed E-state index contributed by atoms with van der Waals surface area (Å²) < 4.78 is 6.74. The van der Waals surface area contributed by atoms with Gasteiger partial charge in [-0.15, -0.1) is 0 Å². The highest BCUT2D eigenvalue weighted by Gasteiger charge is 2.15. The number of anilines is 1. The van der Waals surface area contributed by atoms with Crippen LogP contribution in [0.1, 0.15) is 39.0 Å². The molecule has 0 aliphatic carbocycles. The van der Waals surface area contributed by atoms with Gasteiger partial charge >= 0.3 is 0 Å². The van der Waals surface area contributed by atoms with Gasteiger partial charge < -0.3 is 4.42 Å². The molecule has 0 fully saturated rings. The summed E-state index contributed by atoms with van der Waals surface area (Å²) in [6, 6.07) is 14.6. The SMILES string of the molecule is CC(=O)c1ccc(-c2ccc(C(=O)Nc3nc4c(C)cc(C)cc4s3)o2)cc1. The summed E-state index contributed by atoms with van der Waals surface area (Å²) in [5, 5.41) is 3.35. The van der Waals surface area contributed by atoms with Crippen LogP contribution in [0.4, 0.5) is 5.13 Å². The van der Waals surface area contributed by atoms with E-state index in [1.165, 1.54) is 18.3 Å². The Morgan fingerprint density at radius 1 is 1.04 bits per heavy atom. The average molecular weight is 390 g/mol. The third-order valence-electron chi connectivity index (χ3n) is 4.46. The van der Waals surface area contributed by atoms with E-state index in [0.717, 1.165) is 26.9 Å². The van der Waals surface area contributed by atoms with Crippen molar-refractivity contribution in [2.45, 2.75) is 20.8 Å². The van der Waals surface area contributed by atoms with Gasteiger partial charge in [0.25, 0.3) is 5.91 Å². The molecule has 4 aromatic rings. The summed E-state index contributed by atoms with van der Waals surface area (Å²) >= 11 is 1.44. The maximum absolute atomic E-state index is 12.5. The first-order valence-corrected chi connectivity index (χ1v) is 9.63. The Balaban J connectivity index is 1.54.